The minimum Gasteiger partial charge on any atom is -0.445 e. The van der Waals surface area contributed by atoms with E-state index in [9.17, 15) is 4.79 Å². The summed E-state index contributed by atoms with van der Waals surface area (Å²) in [6, 6.07) is 0. The number of unbranched alkanes of at least 4 members (excludes halogenated alkanes) is 7. The number of nitrogens with zero attached hydrogens (tertiary/aromatic N) is 1. The molecule has 105 valence electrons. The van der Waals surface area contributed by atoms with Crippen LogP contribution in [0.5, 0.6) is 0 Å². The predicted molar refractivity (Wildman–Crippen MR) is 73.3 cm³/mol. The molecule has 1 fully saturated rings. The second-order valence-corrected chi connectivity index (χ2v) is 5.22. The van der Waals surface area contributed by atoms with Gasteiger partial charge in [0.25, 0.3) is 0 Å². The fourth-order valence-electron chi connectivity index (χ4n) is 2.30. The van der Waals surface area contributed by atoms with Crippen LogP contribution >= 0.6 is 0 Å². The average molecular weight is 254 g/mol. The molecule has 18 heavy (non-hydrogen) atoms. The number of carbonyl (C=O) groups excluding carboxylic acids is 1. The van der Waals surface area contributed by atoms with Gasteiger partial charge in [0, 0.05) is 19.4 Å². The molecule has 1 aliphatic rings. The van der Waals surface area contributed by atoms with Crippen LogP contribution in [0.2, 0.25) is 0 Å². The Hall–Kier alpha value is -0.570. The molecule has 0 aromatic carbocycles. The van der Waals surface area contributed by atoms with Crippen LogP contribution in [0.3, 0.4) is 0 Å². The Morgan fingerprint density at radius 1 is 1.11 bits per heavy atom. The van der Waals surface area contributed by atoms with Gasteiger partial charge >= 0.3 is 5.97 Å². The molecule has 1 aliphatic heterocycles. The van der Waals surface area contributed by atoms with Crippen LogP contribution in [0.1, 0.15) is 77.6 Å². The van der Waals surface area contributed by atoms with Gasteiger partial charge in [0.2, 0.25) is 0 Å². The Balaban J connectivity index is 1.83. The first kappa shape index (κ1) is 15.5. The lowest BCUT2D eigenvalue weighted by molar-refractivity contribution is -0.150. The molecule has 0 aromatic heterocycles. The summed E-state index contributed by atoms with van der Waals surface area (Å²) in [6.07, 6.45) is 12.5. The van der Waals surface area contributed by atoms with Gasteiger partial charge in [0.15, 0.2) is 6.23 Å². The van der Waals surface area contributed by atoms with Gasteiger partial charge in [-0.2, -0.15) is 0 Å². The fourth-order valence-corrected chi connectivity index (χ4v) is 2.30. The summed E-state index contributed by atoms with van der Waals surface area (Å²) in [5.41, 5.74) is 0. The topological polar surface area (TPSA) is 40.4 Å². The summed E-state index contributed by atoms with van der Waals surface area (Å²) in [7, 11) is 0. The Morgan fingerprint density at radius 3 is 2.39 bits per heavy atom. The van der Waals surface area contributed by atoms with Crippen molar-refractivity contribution < 1.29 is 9.53 Å². The first-order valence-corrected chi connectivity index (χ1v) is 7.69. The second-order valence-electron chi connectivity index (χ2n) is 5.22. The zero-order valence-corrected chi connectivity index (χ0v) is 11.8. The van der Waals surface area contributed by atoms with Crippen LogP contribution in [0.4, 0.5) is 0 Å². The lowest BCUT2D eigenvalue weighted by Crippen LogP contribution is -2.22. The average Bonchev–Trinajstić information content (AvgIpc) is 2.85. The van der Waals surface area contributed by atoms with Gasteiger partial charge in [-0.25, -0.2) is 5.32 Å². The van der Waals surface area contributed by atoms with Crippen molar-refractivity contribution in [1.82, 2.24) is 5.32 Å². The number of carbonyl (C=O) groups is 1. The van der Waals surface area contributed by atoms with Crippen LogP contribution in [-0.4, -0.2) is 18.7 Å². The third kappa shape index (κ3) is 7.70. The van der Waals surface area contributed by atoms with Gasteiger partial charge in [-0.05, 0) is 12.8 Å². The Labute approximate surface area is 112 Å². The van der Waals surface area contributed by atoms with Crippen molar-refractivity contribution in [2.45, 2.75) is 83.8 Å². The first-order valence-electron chi connectivity index (χ1n) is 7.69. The monoisotopic (exact) mass is 254 g/mol. The van der Waals surface area contributed by atoms with Gasteiger partial charge in [-0.3, -0.25) is 4.79 Å². The molecule has 0 aromatic rings. The largest absolute Gasteiger partial charge is 0.445 e. The first-order chi connectivity index (χ1) is 8.83. The molecule has 3 nitrogen and oxygen atoms in total. The van der Waals surface area contributed by atoms with Crippen LogP contribution < -0.4 is 5.32 Å². The lowest BCUT2D eigenvalue weighted by atomic mass is 10.1. The molecular formula is C15H28NO2. The molecule has 1 unspecified atom stereocenters. The van der Waals surface area contributed by atoms with Crippen molar-refractivity contribution in [2.75, 3.05) is 6.54 Å². The Bertz CT molecular complexity index is 213. The van der Waals surface area contributed by atoms with Crippen molar-refractivity contribution in [1.29, 1.82) is 0 Å². The number of hydrogen-bond donors (Lipinski definition) is 0. The van der Waals surface area contributed by atoms with Crippen LogP contribution in [0, 0.1) is 0 Å². The van der Waals surface area contributed by atoms with E-state index in [1.54, 1.807) is 0 Å². The maximum absolute atomic E-state index is 11.5. The summed E-state index contributed by atoms with van der Waals surface area (Å²) in [4.78, 5) is 11.5. The summed E-state index contributed by atoms with van der Waals surface area (Å²) >= 11 is 0. The van der Waals surface area contributed by atoms with Crippen molar-refractivity contribution >= 4 is 5.97 Å². The molecule has 0 bridgehead atoms. The summed E-state index contributed by atoms with van der Waals surface area (Å²) < 4.78 is 5.27. The quantitative estimate of drug-likeness (QED) is 0.439. The van der Waals surface area contributed by atoms with Gasteiger partial charge in [0.1, 0.15) is 0 Å². The van der Waals surface area contributed by atoms with Crippen LogP contribution in [0.25, 0.3) is 0 Å². The minimum absolute atomic E-state index is 0.0587. The molecule has 1 rings (SSSR count). The zero-order valence-electron chi connectivity index (χ0n) is 11.8. The minimum atomic E-state index is -0.133. The Morgan fingerprint density at radius 2 is 1.78 bits per heavy atom. The molecule has 0 spiro atoms. The molecule has 1 saturated heterocycles. The molecule has 1 radical (unpaired) electrons. The highest BCUT2D eigenvalue weighted by molar-refractivity contribution is 5.69. The van der Waals surface area contributed by atoms with E-state index in [-0.39, 0.29) is 12.2 Å². The van der Waals surface area contributed by atoms with E-state index in [1.807, 2.05) is 0 Å². The van der Waals surface area contributed by atoms with Crippen molar-refractivity contribution in [3.05, 3.63) is 0 Å². The third-order valence-electron chi connectivity index (χ3n) is 3.44. The third-order valence-corrected chi connectivity index (χ3v) is 3.44. The number of rotatable bonds is 10. The van der Waals surface area contributed by atoms with Crippen LogP contribution in [-0.2, 0) is 9.53 Å². The highest BCUT2D eigenvalue weighted by Gasteiger charge is 2.19. The van der Waals surface area contributed by atoms with Crippen molar-refractivity contribution in [3.8, 4) is 0 Å². The maximum atomic E-state index is 11.5. The molecule has 3 heteroatoms. The summed E-state index contributed by atoms with van der Waals surface area (Å²) in [6.45, 7) is 3.10. The smallest absolute Gasteiger partial charge is 0.307 e. The van der Waals surface area contributed by atoms with E-state index in [1.165, 1.54) is 38.5 Å². The number of ether oxygens (including phenoxy) is 1. The molecule has 1 heterocycles. The van der Waals surface area contributed by atoms with E-state index in [4.69, 9.17) is 4.74 Å². The molecule has 0 saturated carbocycles. The predicted octanol–water partition coefficient (Wildman–Crippen LogP) is 3.78. The Kier molecular flexibility index (Phi) is 8.92. The molecule has 1 atom stereocenters. The van der Waals surface area contributed by atoms with Gasteiger partial charge in [0.05, 0.1) is 0 Å². The van der Waals surface area contributed by atoms with E-state index in [0.717, 1.165) is 32.2 Å². The van der Waals surface area contributed by atoms with E-state index in [2.05, 4.69) is 12.2 Å². The molecular weight excluding hydrogens is 226 g/mol. The highest BCUT2D eigenvalue weighted by Crippen LogP contribution is 2.12. The van der Waals surface area contributed by atoms with E-state index in [0.29, 0.717) is 6.42 Å². The van der Waals surface area contributed by atoms with Gasteiger partial charge in [-0.1, -0.05) is 51.9 Å². The van der Waals surface area contributed by atoms with Crippen molar-refractivity contribution in [3.63, 3.8) is 0 Å². The maximum Gasteiger partial charge on any atom is 0.307 e. The standard InChI is InChI=1S/C15H28NO2/c1-2-3-4-5-6-7-8-9-12-15(17)18-14-11-10-13-16-14/h14H,2-13H2,1H3. The lowest BCUT2D eigenvalue weighted by Gasteiger charge is -2.10. The van der Waals surface area contributed by atoms with Gasteiger partial charge in [-0.15, -0.1) is 0 Å². The molecule has 0 N–H and O–H groups in total. The summed E-state index contributed by atoms with van der Waals surface area (Å²) in [5, 5.41) is 4.22. The summed E-state index contributed by atoms with van der Waals surface area (Å²) in [5.74, 6) is -0.0587. The number of esters is 1. The van der Waals surface area contributed by atoms with E-state index >= 15 is 0 Å². The number of hydrogen-bond acceptors (Lipinski definition) is 2. The zero-order chi connectivity index (χ0) is 13.1. The van der Waals surface area contributed by atoms with Crippen molar-refractivity contribution in [2.24, 2.45) is 0 Å². The SMILES string of the molecule is CCCCCCCCCCC(=O)OC1CCC[N]1. The normalized spacial score (nSPS) is 19.1. The van der Waals surface area contributed by atoms with Gasteiger partial charge < -0.3 is 4.74 Å². The highest BCUT2D eigenvalue weighted by atomic mass is 16.6. The molecule has 0 aliphatic carbocycles. The van der Waals surface area contributed by atoms with Crippen LogP contribution in [0.15, 0.2) is 0 Å². The van der Waals surface area contributed by atoms with E-state index < -0.39 is 0 Å². The molecule has 0 amide bonds. The second kappa shape index (κ2) is 10.4. The fraction of sp³-hybridized carbons (Fsp3) is 0.933.